The van der Waals surface area contributed by atoms with Crippen molar-refractivity contribution in [3.8, 4) is 0 Å². The Hall–Kier alpha value is -1.43. The van der Waals surface area contributed by atoms with Crippen LogP contribution < -0.4 is 5.32 Å². The van der Waals surface area contributed by atoms with Crippen molar-refractivity contribution < 1.29 is 14.6 Å². The van der Waals surface area contributed by atoms with Gasteiger partial charge < -0.3 is 20.1 Å². The third-order valence-electron chi connectivity index (χ3n) is 3.27. The largest absolute Gasteiger partial charge is 0.389 e. The van der Waals surface area contributed by atoms with Crippen molar-refractivity contribution in [1.29, 1.82) is 0 Å². The molecule has 1 aliphatic heterocycles. The number of likely N-dealkylation sites (N-methyl/N-ethyl adjacent to an activating group) is 1. The minimum Gasteiger partial charge on any atom is -0.389 e. The molecule has 1 aliphatic rings. The van der Waals surface area contributed by atoms with E-state index in [0.29, 0.717) is 5.56 Å². The summed E-state index contributed by atoms with van der Waals surface area (Å²) in [6.45, 7) is 2.17. The van der Waals surface area contributed by atoms with E-state index in [-0.39, 0.29) is 19.1 Å². The Morgan fingerprint density at radius 3 is 2.95 bits per heavy atom. The molecule has 1 amide bonds. The number of aliphatic hydroxyl groups excluding tert-OH is 1. The Morgan fingerprint density at radius 1 is 1.47 bits per heavy atom. The van der Waals surface area contributed by atoms with Crippen LogP contribution in [0.5, 0.6) is 0 Å². The van der Waals surface area contributed by atoms with Gasteiger partial charge >= 0.3 is 0 Å². The Kier molecular flexibility index (Phi) is 4.52. The summed E-state index contributed by atoms with van der Waals surface area (Å²) < 4.78 is 4.85. The smallest absolute Gasteiger partial charge is 0.253 e. The number of fused-ring (bicyclic) bond motifs is 1. The second kappa shape index (κ2) is 6.14. The Bertz CT molecular complexity index is 462. The number of benzene rings is 1. The summed E-state index contributed by atoms with van der Waals surface area (Å²) in [6, 6.07) is 5.76. The first-order valence-electron chi connectivity index (χ1n) is 6.37. The van der Waals surface area contributed by atoms with Crippen LogP contribution in [0.4, 0.5) is 0 Å². The molecule has 0 spiro atoms. The second-order valence-electron chi connectivity index (χ2n) is 4.88. The molecule has 5 nitrogen and oxygen atoms in total. The van der Waals surface area contributed by atoms with Crippen LogP contribution in [0.1, 0.15) is 21.5 Å². The van der Waals surface area contributed by atoms with Crippen molar-refractivity contribution in [2.45, 2.75) is 19.2 Å². The number of hydrogen-bond donors (Lipinski definition) is 2. The number of methoxy groups -OCH3 is 1. The highest BCUT2D eigenvalue weighted by Crippen LogP contribution is 2.17. The van der Waals surface area contributed by atoms with Crippen molar-refractivity contribution in [1.82, 2.24) is 10.2 Å². The number of amides is 1. The molecule has 1 heterocycles. The number of rotatable bonds is 5. The minimum atomic E-state index is -0.657. The summed E-state index contributed by atoms with van der Waals surface area (Å²) in [7, 11) is 3.21. The van der Waals surface area contributed by atoms with E-state index in [0.717, 1.165) is 13.1 Å². The first-order valence-corrected chi connectivity index (χ1v) is 6.37. The molecule has 0 fully saturated rings. The predicted octanol–water partition coefficient (Wildman–Crippen LogP) is 0.369. The Balaban J connectivity index is 2.02. The molecule has 1 atom stereocenters. The average Bonchev–Trinajstić information content (AvgIpc) is 2.85. The first kappa shape index (κ1) is 14.0. The molecular formula is C14H20N2O3. The lowest BCUT2D eigenvalue weighted by atomic mass is 10.1. The average molecular weight is 264 g/mol. The molecule has 2 rings (SSSR count). The molecular weight excluding hydrogens is 244 g/mol. The standard InChI is InChI=1S/C14H20N2O3/c1-16(8-13(17)9-19-2)14(18)10-3-4-11-6-15-7-12(11)5-10/h3-5,13,15,17H,6-9H2,1-2H3. The van der Waals surface area contributed by atoms with E-state index in [2.05, 4.69) is 5.32 Å². The maximum Gasteiger partial charge on any atom is 0.253 e. The van der Waals surface area contributed by atoms with Gasteiger partial charge in [-0.15, -0.1) is 0 Å². The lowest BCUT2D eigenvalue weighted by molar-refractivity contribution is 0.0380. The molecule has 104 valence electrons. The fourth-order valence-corrected chi connectivity index (χ4v) is 2.29. The van der Waals surface area contributed by atoms with Crippen LogP contribution in [0.15, 0.2) is 18.2 Å². The maximum absolute atomic E-state index is 12.2. The zero-order valence-corrected chi connectivity index (χ0v) is 11.3. The van der Waals surface area contributed by atoms with E-state index in [1.807, 2.05) is 18.2 Å². The monoisotopic (exact) mass is 264 g/mol. The number of nitrogens with zero attached hydrogens (tertiary/aromatic N) is 1. The van der Waals surface area contributed by atoms with Gasteiger partial charge in [0.25, 0.3) is 5.91 Å². The minimum absolute atomic E-state index is 0.0788. The molecule has 5 heteroatoms. The van der Waals surface area contributed by atoms with Crippen LogP contribution in [0.25, 0.3) is 0 Å². The van der Waals surface area contributed by atoms with Crippen molar-refractivity contribution >= 4 is 5.91 Å². The summed E-state index contributed by atoms with van der Waals surface area (Å²) >= 11 is 0. The zero-order valence-electron chi connectivity index (χ0n) is 11.3. The highest BCUT2D eigenvalue weighted by atomic mass is 16.5. The second-order valence-corrected chi connectivity index (χ2v) is 4.88. The summed E-state index contributed by atoms with van der Waals surface area (Å²) in [5, 5.41) is 12.9. The van der Waals surface area contributed by atoms with Gasteiger partial charge in [0.1, 0.15) is 0 Å². The zero-order chi connectivity index (χ0) is 13.8. The summed E-state index contributed by atoms with van der Waals surface area (Å²) in [5.74, 6) is -0.0788. The summed E-state index contributed by atoms with van der Waals surface area (Å²) in [5.41, 5.74) is 3.09. The van der Waals surface area contributed by atoms with E-state index in [1.54, 1.807) is 7.05 Å². The molecule has 0 aliphatic carbocycles. The molecule has 0 bridgehead atoms. The van der Waals surface area contributed by atoms with Gasteiger partial charge in [0, 0.05) is 39.4 Å². The van der Waals surface area contributed by atoms with Crippen molar-refractivity contribution in [3.05, 3.63) is 34.9 Å². The molecule has 0 aromatic heterocycles. The molecule has 1 unspecified atom stereocenters. The molecule has 0 saturated carbocycles. The van der Waals surface area contributed by atoms with Crippen LogP contribution in [-0.2, 0) is 17.8 Å². The van der Waals surface area contributed by atoms with Crippen LogP contribution in [-0.4, -0.2) is 49.3 Å². The SMILES string of the molecule is COCC(O)CN(C)C(=O)c1ccc2c(c1)CNC2. The molecule has 1 aromatic rings. The first-order chi connectivity index (χ1) is 9.11. The molecule has 2 N–H and O–H groups in total. The summed E-state index contributed by atoms with van der Waals surface area (Å²) in [4.78, 5) is 13.8. The van der Waals surface area contributed by atoms with E-state index in [9.17, 15) is 9.90 Å². The molecule has 1 aromatic carbocycles. The third kappa shape index (κ3) is 3.32. The van der Waals surface area contributed by atoms with Gasteiger partial charge in [0.15, 0.2) is 0 Å². The van der Waals surface area contributed by atoms with Gasteiger partial charge in [0.05, 0.1) is 12.7 Å². The van der Waals surface area contributed by atoms with Crippen LogP contribution >= 0.6 is 0 Å². The fraction of sp³-hybridized carbons (Fsp3) is 0.500. The lowest BCUT2D eigenvalue weighted by Crippen LogP contribution is -2.36. The summed E-state index contributed by atoms with van der Waals surface area (Å²) in [6.07, 6.45) is -0.657. The van der Waals surface area contributed by atoms with Crippen molar-refractivity contribution in [2.24, 2.45) is 0 Å². The normalized spacial score (nSPS) is 15.1. The maximum atomic E-state index is 12.2. The van der Waals surface area contributed by atoms with E-state index in [4.69, 9.17) is 4.74 Å². The van der Waals surface area contributed by atoms with Gasteiger partial charge in [-0.1, -0.05) is 6.07 Å². The van der Waals surface area contributed by atoms with Crippen molar-refractivity contribution in [2.75, 3.05) is 27.3 Å². The highest BCUT2D eigenvalue weighted by Gasteiger charge is 2.18. The third-order valence-corrected chi connectivity index (χ3v) is 3.27. The van der Waals surface area contributed by atoms with Gasteiger partial charge in [-0.25, -0.2) is 0 Å². The number of aliphatic hydroxyl groups is 1. The Morgan fingerprint density at radius 2 is 2.21 bits per heavy atom. The van der Waals surface area contributed by atoms with Gasteiger partial charge in [0.2, 0.25) is 0 Å². The molecule has 0 saturated heterocycles. The fourth-order valence-electron chi connectivity index (χ4n) is 2.29. The number of carbonyl (C=O) groups excluding carboxylic acids is 1. The number of carbonyl (C=O) groups is 1. The van der Waals surface area contributed by atoms with Crippen molar-refractivity contribution in [3.63, 3.8) is 0 Å². The molecule has 19 heavy (non-hydrogen) atoms. The van der Waals surface area contributed by atoms with Crippen LogP contribution in [0.2, 0.25) is 0 Å². The van der Waals surface area contributed by atoms with Crippen LogP contribution in [0.3, 0.4) is 0 Å². The Labute approximate surface area is 113 Å². The van der Waals surface area contributed by atoms with E-state index >= 15 is 0 Å². The van der Waals surface area contributed by atoms with E-state index < -0.39 is 6.10 Å². The topological polar surface area (TPSA) is 61.8 Å². The highest BCUT2D eigenvalue weighted by molar-refractivity contribution is 5.94. The van der Waals surface area contributed by atoms with Gasteiger partial charge in [-0.05, 0) is 23.3 Å². The van der Waals surface area contributed by atoms with Gasteiger partial charge in [-0.3, -0.25) is 4.79 Å². The number of hydrogen-bond acceptors (Lipinski definition) is 4. The van der Waals surface area contributed by atoms with Gasteiger partial charge in [-0.2, -0.15) is 0 Å². The van der Waals surface area contributed by atoms with E-state index in [1.165, 1.54) is 23.1 Å². The van der Waals surface area contributed by atoms with Crippen LogP contribution in [0, 0.1) is 0 Å². The quantitative estimate of drug-likeness (QED) is 0.806. The number of ether oxygens (including phenoxy) is 1. The predicted molar refractivity (Wildman–Crippen MR) is 71.8 cm³/mol. The number of nitrogens with one attached hydrogen (secondary N) is 1. The lowest BCUT2D eigenvalue weighted by Gasteiger charge is -2.20. The molecule has 0 radical (unpaired) electrons.